The number of rotatable bonds is 19. The Bertz CT molecular complexity index is 5410. The molecule has 115 heavy (non-hydrogen) atoms. The number of H-pyrrole nitrogens is 1. The molecule has 3 unspecified atom stereocenters. The molecule has 3 aromatic heterocycles. The number of benzene rings is 9. The Hall–Kier alpha value is -11.2. The average Bonchev–Trinajstić information content (AvgIpc) is 1.63. The van der Waals surface area contributed by atoms with Gasteiger partial charge in [-0.05, 0) is 127 Å². The molecule has 5 N–H and O–H groups in total. The lowest BCUT2D eigenvalue weighted by Gasteiger charge is -2.24. The topological polar surface area (TPSA) is 345 Å². The third kappa shape index (κ3) is 20.7. The number of carbonyl (C=O) groups is 8. The van der Waals surface area contributed by atoms with Crippen LogP contribution in [-0.4, -0.2) is 175 Å². The van der Waals surface area contributed by atoms with E-state index in [4.69, 9.17) is 57.2 Å². The number of fused-ring (bicyclic) bond motifs is 3. The SMILES string of the molecule is CC(=O)n1cc(O)c2cc(Br)ccc21.CC(=O)n1cc(O[C@@H]2O[C@H](COC(=O)c3ccccc3)[C@H](OC(=O)c3ccccc3)C2OC(=O)c2ccccc2)c2cc(Br)ccc21.O=C(OC[C@H]1O[C@@H](Br)C(OC(=O)c2ccccc2)[C@H]1OC(=O)c1ccccc1)c1ccccc1.OC[C@H]1O[C@@H](Oc2c[nH]c3ccc(Br)cc23)C(O)[C@@H]1O. The summed E-state index contributed by atoms with van der Waals surface area (Å²) in [5, 5.41) is 39.4. The summed E-state index contributed by atoms with van der Waals surface area (Å²) in [6.07, 6.45) is -7.53. The maximum atomic E-state index is 13.4. The molecule has 26 nitrogen and oxygen atoms in total. The molecule has 0 spiro atoms. The first kappa shape index (κ1) is 83.3. The van der Waals surface area contributed by atoms with Gasteiger partial charge in [0.2, 0.25) is 30.5 Å². The molecule has 592 valence electrons. The number of nitrogens with zero attached hydrogens (tertiary/aromatic N) is 2. The fourth-order valence-electron chi connectivity index (χ4n) is 12.3. The molecule has 15 rings (SSSR count). The first-order valence-electron chi connectivity index (χ1n) is 35.5. The van der Waals surface area contributed by atoms with Gasteiger partial charge < -0.3 is 77.5 Å². The van der Waals surface area contributed by atoms with E-state index >= 15 is 0 Å². The smallest absolute Gasteiger partial charge is 0.338 e. The minimum Gasteiger partial charge on any atom is -0.506 e. The van der Waals surface area contributed by atoms with Crippen molar-refractivity contribution >= 4 is 144 Å². The lowest BCUT2D eigenvalue weighted by molar-refractivity contribution is -0.119. The number of hydrogen-bond donors (Lipinski definition) is 5. The van der Waals surface area contributed by atoms with Crippen LogP contribution in [0, 0.1) is 0 Å². The van der Waals surface area contributed by atoms with Crippen molar-refractivity contribution in [2.45, 2.75) is 86.4 Å². The number of aliphatic hydroxyl groups is 3. The molecule has 0 amide bonds. The summed E-state index contributed by atoms with van der Waals surface area (Å²) in [7, 11) is 0. The number of aliphatic hydroxyl groups excluding tert-OH is 3. The molecule has 0 aliphatic carbocycles. The fraction of sp³-hybridized carbons (Fsp3) is 0.200. The van der Waals surface area contributed by atoms with Gasteiger partial charge in [-0.2, -0.15) is 0 Å². The minimum atomic E-state index is -1.35. The second-order valence-electron chi connectivity index (χ2n) is 25.8. The lowest BCUT2D eigenvalue weighted by Crippen LogP contribution is -2.43. The van der Waals surface area contributed by atoms with Crippen LogP contribution in [0.5, 0.6) is 17.2 Å². The molecule has 3 aliphatic rings. The maximum absolute atomic E-state index is 13.4. The molecule has 3 saturated heterocycles. The van der Waals surface area contributed by atoms with Gasteiger partial charge in [0, 0.05) is 55.1 Å². The zero-order valence-corrected chi connectivity index (χ0v) is 67.1. The summed E-state index contributed by atoms with van der Waals surface area (Å²) in [5.74, 6) is -3.31. The predicted molar refractivity (Wildman–Crippen MR) is 431 cm³/mol. The van der Waals surface area contributed by atoms with Crippen molar-refractivity contribution in [1.29, 1.82) is 0 Å². The number of aromatic nitrogens is 3. The van der Waals surface area contributed by atoms with E-state index in [0.29, 0.717) is 44.3 Å². The van der Waals surface area contributed by atoms with Gasteiger partial charge in [-0.15, -0.1) is 0 Å². The average molecular weight is 1820 g/mol. The van der Waals surface area contributed by atoms with E-state index in [1.165, 1.54) is 35.4 Å². The molecule has 12 atom stereocenters. The van der Waals surface area contributed by atoms with Gasteiger partial charge in [-0.3, -0.25) is 18.7 Å². The van der Waals surface area contributed by atoms with Crippen molar-refractivity contribution in [2.75, 3.05) is 19.8 Å². The van der Waals surface area contributed by atoms with E-state index < -0.39 is 108 Å². The number of esters is 6. The van der Waals surface area contributed by atoms with Gasteiger partial charge in [0.25, 0.3) is 0 Å². The van der Waals surface area contributed by atoms with Crippen LogP contribution in [0.1, 0.15) is 85.6 Å². The number of hydrogen-bond acceptors (Lipinski definition) is 23. The van der Waals surface area contributed by atoms with Crippen molar-refractivity contribution in [3.05, 3.63) is 302 Å². The van der Waals surface area contributed by atoms with Crippen LogP contribution in [0.2, 0.25) is 0 Å². The van der Waals surface area contributed by atoms with Crippen LogP contribution in [0.15, 0.2) is 269 Å². The number of aromatic hydroxyl groups is 1. The van der Waals surface area contributed by atoms with E-state index in [9.17, 15) is 53.7 Å². The fourth-order valence-corrected chi connectivity index (χ4v) is 14.1. The number of nitrogens with one attached hydrogen (secondary N) is 1. The van der Waals surface area contributed by atoms with E-state index in [1.54, 1.807) is 219 Å². The number of alkyl halides is 1. The highest BCUT2D eigenvalue weighted by molar-refractivity contribution is 9.11. The Labute approximate surface area is 689 Å². The number of ether oxygens (including phenoxy) is 11. The van der Waals surface area contributed by atoms with Crippen molar-refractivity contribution in [1.82, 2.24) is 14.1 Å². The molecular weight excluding hydrogens is 1750 g/mol. The normalized spacial score (nSPS) is 20.5. The van der Waals surface area contributed by atoms with Gasteiger partial charge in [-0.1, -0.05) is 173 Å². The van der Waals surface area contributed by atoms with Gasteiger partial charge in [0.05, 0.1) is 63.4 Å². The van der Waals surface area contributed by atoms with Crippen LogP contribution in [0.4, 0.5) is 0 Å². The zero-order chi connectivity index (χ0) is 81.4. The van der Waals surface area contributed by atoms with E-state index in [-0.39, 0.29) is 54.3 Å². The molecule has 9 aromatic carbocycles. The van der Waals surface area contributed by atoms with E-state index in [0.717, 1.165) is 29.8 Å². The first-order chi connectivity index (χ1) is 55.5. The van der Waals surface area contributed by atoms with Crippen molar-refractivity contribution < 1.29 is 111 Å². The number of halogens is 4. The Balaban J connectivity index is 0.000000155. The predicted octanol–water partition coefficient (Wildman–Crippen LogP) is 14.4. The van der Waals surface area contributed by atoms with Crippen LogP contribution in [-0.2, 0) is 42.6 Å². The molecule has 0 saturated carbocycles. The quantitative estimate of drug-likeness (QED) is 0.0285. The maximum Gasteiger partial charge on any atom is 0.338 e. The molecular formula is C85H71Br4N3O23. The second kappa shape index (κ2) is 38.8. The van der Waals surface area contributed by atoms with Gasteiger partial charge in [0.15, 0.2) is 23.3 Å². The Morgan fingerprint density at radius 3 is 1.22 bits per heavy atom. The molecule has 0 bridgehead atoms. The van der Waals surface area contributed by atoms with Crippen molar-refractivity contribution in [2.24, 2.45) is 0 Å². The third-order valence-electron chi connectivity index (χ3n) is 18.1. The summed E-state index contributed by atoms with van der Waals surface area (Å²) in [5.41, 5.74) is 4.03. The summed E-state index contributed by atoms with van der Waals surface area (Å²) in [6.45, 7) is 1.93. The molecule has 3 aliphatic heterocycles. The van der Waals surface area contributed by atoms with Gasteiger partial charge in [0.1, 0.15) is 61.0 Å². The summed E-state index contributed by atoms with van der Waals surface area (Å²) in [6, 6.07) is 66.7. The van der Waals surface area contributed by atoms with Gasteiger partial charge in [-0.25, -0.2) is 28.8 Å². The monoisotopic (exact) mass is 1820 g/mol. The second-order valence-corrected chi connectivity index (χ2v) is 29.5. The standard InChI is InChI=1S/C36H28BrNO9.C26H21BrO7.C13H14BrNO5.C10H8BrNO2/c1-22(39)38-20-29(27-19-26(37)17-18-28(27)38)44-36-32(47-35(42)25-15-9-4-10-16-25)31(46-34(41)24-13-7-3-8-14-24)30(45-36)21-43-33(40)23-11-5-2-6-12-23;27-23-22(34-26(30)19-14-8-3-9-15-19)21(33-25(29)18-12-6-2-7-13-18)20(32-23)16-31-24(28)17-10-4-1-5-11-17;14-6-1-2-8-7(3-6)9(4-15-8)19-13-12(18)11(17)10(5-16)20-13;1-6(13)12-5-10(14)8-4-7(11)2-3-9(8)12/h2-20,30-32,36H,21H2,1H3;1-15,20-23H,16H2;1-4,10-13,15-18H,5H2;2-5,14H,1H3/t30-,31+,32?,36-;20-,21+,22?,23-;10-,11-,12?,13-;/m111./s1. The molecule has 0 radical (unpaired) electrons. The molecule has 30 heteroatoms. The number of carbonyl (C=O) groups excluding carboxylic acids is 8. The third-order valence-corrected chi connectivity index (χ3v) is 20.3. The largest absolute Gasteiger partial charge is 0.506 e. The lowest BCUT2D eigenvalue weighted by atomic mass is 10.1. The zero-order valence-electron chi connectivity index (χ0n) is 60.8. The minimum absolute atomic E-state index is 0.113. The van der Waals surface area contributed by atoms with Crippen LogP contribution in [0.3, 0.4) is 0 Å². The summed E-state index contributed by atoms with van der Waals surface area (Å²) >= 11 is 13.5. The van der Waals surface area contributed by atoms with Gasteiger partial charge >= 0.3 is 35.8 Å². The Morgan fingerprint density at radius 2 is 0.774 bits per heavy atom. The highest BCUT2D eigenvalue weighted by atomic mass is 79.9. The van der Waals surface area contributed by atoms with Crippen LogP contribution >= 0.6 is 63.7 Å². The Morgan fingerprint density at radius 1 is 0.409 bits per heavy atom. The van der Waals surface area contributed by atoms with Crippen LogP contribution < -0.4 is 9.47 Å². The van der Waals surface area contributed by atoms with E-state index in [2.05, 4.69) is 68.7 Å². The van der Waals surface area contributed by atoms with E-state index in [1.807, 2.05) is 24.3 Å². The molecule has 3 fully saturated rings. The Kier molecular flexibility index (Phi) is 28.1. The number of aromatic amines is 1. The van der Waals surface area contributed by atoms with Crippen molar-refractivity contribution in [3.63, 3.8) is 0 Å². The first-order valence-corrected chi connectivity index (χ1v) is 38.8. The molecule has 6 heterocycles. The molecule has 12 aromatic rings. The van der Waals surface area contributed by atoms with Crippen molar-refractivity contribution in [3.8, 4) is 17.2 Å². The van der Waals surface area contributed by atoms with Crippen LogP contribution in [0.25, 0.3) is 32.7 Å². The summed E-state index contributed by atoms with van der Waals surface area (Å²) < 4.78 is 68.9. The summed E-state index contributed by atoms with van der Waals surface area (Å²) in [4.78, 5) is 104. The highest BCUT2D eigenvalue weighted by Gasteiger charge is 2.53. The highest BCUT2D eigenvalue weighted by Crippen LogP contribution is 2.39.